The third kappa shape index (κ3) is 7.92. The van der Waals surface area contributed by atoms with Crippen LogP contribution in [0.15, 0.2) is 0 Å². The van der Waals surface area contributed by atoms with Crippen molar-refractivity contribution in [1.82, 2.24) is 4.90 Å². The van der Waals surface area contributed by atoms with Crippen molar-refractivity contribution in [2.75, 3.05) is 19.8 Å². The minimum atomic E-state index is 0.699. The number of nitrogens with two attached hydrogens (primary N) is 1. The molecule has 0 aromatic heterocycles. The van der Waals surface area contributed by atoms with Crippen molar-refractivity contribution < 1.29 is 0 Å². The first kappa shape index (κ1) is 12.6. The van der Waals surface area contributed by atoms with E-state index in [1.54, 1.807) is 0 Å². The normalized spacial score (nSPS) is 9.00. The van der Waals surface area contributed by atoms with Crippen LogP contribution in [0.1, 0.15) is 34.1 Å². The van der Waals surface area contributed by atoms with E-state index >= 15 is 0 Å². The molecule has 0 radical (unpaired) electrons. The molecule has 0 unspecified atom stereocenters. The fourth-order valence-corrected chi connectivity index (χ4v) is 0.695. The van der Waals surface area contributed by atoms with E-state index in [2.05, 4.69) is 18.7 Å². The van der Waals surface area contributed by atoms with E-state index in [4.69, 9.17) is 5.73 Å². The second kappa shape index (κ2) is 11.7. The third-order valence-corrected chi connectivity index (χ3v) is 1.25. The summed E-state index contributed by atoms with van der Waals surface area (Å²) in [5, 5.41) is 0. The molecule has 64 valence electrons. The highest BCUT2D eigenvalue weighted by molar-refractivity contribution is 4.46. The van der Waals surface area contributed by atoms with Crippen LogP contribution in [0, 0.1) is 0 Å². The van der Waals surface area contributed by atoms with Gasteiger partial charge in [0, 0.05) is 6.67 Å². The Morgan fingerprint density at radius 3 is 1.80 bits per heavy atom. The van der Waals surface area contributed by atoms with Crippen LogP contribution >= 0.6 is 0 Å². The van der Waals surface area contributed by atoms with Crippen LogP contribution in [0.4, 0.5) is 0 Å². The van der Waals surface area contributed by atoms with Crippen LogP contribution in [-0.4, -0.2) is 24.7 Å². The monoisotopic (exact) mass is 146 g/mol. The maximum Gasteiger partial charge on any atom is 0.0455 e. The van der Waals surface area contributed by atoms with Crippen molar-refractivity contribution in [2.45, 2.75) is 34.1 Å². The first-order valence-electron chi connectivity index (χ1n) is 4.27. The number of hydrogen-bond acceptors (Lipinski definition) is 2. The zero-order chi connectivity index (χ0) is 8.41. The lowest BCUT2D eigenvalue weighted by Gasteiger charge is -2.15. The number of rotatable bonds is 4. The standard InChI is InChI=1S/C6H16N2.C2H6/c1-3-5-8(4-2)6-7;1-2/h3-7H2,1-2H3;1-2H3. The lowest BCUT2D eigenvalue weighted by molar-refractivity contribution is 0.297. The molecule has 0 bridgehead atoms. The summed E-state index contributed by atoms with van der Waals surface area (Å²) in [6.07, 6.45) is 1.20. The van der Waals surface area contributed by atoms with Crippen LogP contribution in [0.25, 0.3) is 0 Å². The van der Waals surface area contributed by atoms with Crippen LogP contribution in [0.3, 0.4) is 0 Å². The molecule has 0 saturated carbocycles. The van der Waals surface area contributed by atoms with Crippen molar-refractivity contribution in [1.29, 1.82) is 0 Å². The van der Waals surface area contributed by atoms with Crippen LogP contribution in [-0.2, 0) is 0 Å². The molecule has 10 heavy (non-hydrogen) atoms. The van der Waals surface area contributed by atoms with Gasteiger partial charge in [-0.2, -0.15) is 0 Å². The molecular weight excluding hydrogens is 124 g/mol. The zero-order valence-electron chi connectivity index (χ0n) is 7.85. The maximum absolute atomic E-state index is 5.40. The summed E-state index contributed by atoms with van der Waals surface area (Å²) >= 11 is 0. The highest BCUT2D eigenvalue weighted by Crippen LogP contribution is 1.84. The smallest absolute Gasteiger partial charge is 0.0455 e. The predicted molar refractivity (Wildman–Crippen MR) is 47.9 cm³/mol. The average Bonchev–Trinajstić information content (AvgIpc) is 2.04. The van der Waals surface area contributed by atoms with Gasteiger partial charge in [0.25, 0.3) is 0 Å². The first-order chi connectivity index (χ1) is 4.85. The van der Waals surface area contributed by atoms with E-state index in [1.807, 2.05) is 13.8 Å². The van der Waals surface area contributed by atoms with Gasteiger partial charge < -0.3 is 5.73 Å². The SMILES string of the molecule is CC.CCCN(CC)CN. The predicted octanol–water partition coefficient (Wildman–Crippen LogP) is 1.66. The van der Waals surface area contributed by atoms with Crippen molar-refractivity contribution in [3.05, 3.63) is 0 Å². The topological polar surface area (TPSA) is 29.3 Å². The molecule has 0 aliphatic rings. The summed E-state index contributed by atoms with van der Waals surface area (Å²) in [7, 11) is 0. The Bertz CT molecular complexity index is 42.5. The van der Waals surface area contributed by atoms with E-state index < -0.39 is 0 Å². The summed E-state index contributed by atoms with van der Waals surface area (Å²) in [5.41, 5.74) is 5.40. The lowest BCUT2D eigenvalue weighted by Crippen LogP contribution is -2.30. The van der Waals surface area contributed by atoms with Gasteiger partial charge in [-0.15, -0.1) is 0 Å². The molecule has 0 heterocycles. The summed E-state index contributed by atoms with van der Waals surface area (Å²) in [4.78, 5) is 2.21. The molecule has 0 rings (SSSR count). The molecule has 0 aliphatic heterocycles. The van der Waals surface area contributed by atoms with E-state index in [0.717, 1.165) is 13.1 Å². The fourth-order valence-electron chi connectivity index (χ4n) is 0.695. The van der Waals surface area contributed by atoms with Crippen LogP contribution in [0.2, 0.25) is 0 Å². The summed E-state index contributed by atoms with van der Waals surface area (Å²) in [6, 6.07) is 0. The summed E-state index contributed by atoms with van der Waals surface area (Å²) in [5.74, 6) is 0. The first-order valence-corrected chi connectivity index (χ1v) is 4.27. The van der Waals surface area contributed by atoms with Gasteiger partial charge in [-0.25, -0.2) is 0 Å². The Morgan fingerprint density at radius 2 is 1.70 bits per heavy atom. The van der Waals surface area contributed by atoms with Crippen LogP contribution in [0.5, 0.6) is 0 Å². The van der Waals surface area contributed by atoms with E-state index in [0.29, 0.717) is 6.67 Å². The van der Waals surface area contributed by atoms with Crippen molar-refractivity contribution >= 4 is 0 Å². The Labute approximate surface area is 65.4 Å². The van der Waals surface area contributed by atoms with E-state index in [9.17, 15) is 0 Å². The summed E-state index contributed by atoms with van der Waals surface area (Å²) < 4.78 is 0. The highest BCUT2D eigenvalue weighted by atomic mass is 15.2. The molecule has 0 fully saturated rings. The van der Waals surface area contributed by atoms with E-state index in [1.165, 1.54) is 6.42 Å². The second-order valence-corrected chi connectivity index (χ2v) is 1.89. The molecule has 0 spiro atoms. The number of hydrogen-bond donors (Lipinski definition) is 1. The molecule has 2 heteroatoms. The van der Waals surface area contributed by atoms with Gasteiger partial charge in [0.15, 0.2) is 0 Å². The molecule has 0 aromatic rings. The van der Waals surface area contributed by atoms with Gasteiger partial charge in [0.1, 0.15) is 0 Å². The molecular formula is C8H22N2. The van der Waals surface area contributed by atoms with Gasteiger partial charge in [-0.3, -0.25) is 4.90 Å². The van der Waals surface area contributed by atoms with Gasteiger partial charge in [0.05, 0.1) is 0 Å². The second-order valence-electron chi connectivity index (χ2n) is 1.89. The number of nitrogens with zero attached hydrogens (tertiary/aromatic N) is 1. The third-order valence-electron chi connectivity index (χ3n) is 1.25. The molecule has 2 nitrogen and oxygen atoms in total. The van der Waals surface area contributed by atoms with E-state index in [-0.39, 0.29) is 0 Å². The minimum absolute atomic E-state index is 0.699. The van der Waals surface area contributed by atoms with Crippen molar-refractivity contribution in [2.24, 2.45) is 5.73 Å². The maximum atomic E-state index is 5.40. The highest BCUT2D eigenvalue weighted by Gasteiger charge is 1.93. The van der Waals surface area contributed by atoms with Crippen molar-refractivity contribution in [3.8, 4) is 0 Å². The largest absolute Gasteiger partial charge is 0.318 e. The van der Waals surface area contributed by atoms with Gasteiger partial charge in [-0.1, -0.05) is 27.7 Å². The van der Waals surface area contributed by atoms with Crippen molar-refractivity contribution in [3.63, 3.8) is 0 Å². The lowest BCUT2D eigenvalue weighted by atomic mass is 10.4. The molecule has 0 aromatic carbocycles. The molecule has 2 N–H and O–H groups in total. The molecule has 0 saturated heterocycles. The van der Waals surface area contributed by atoms with Crippen LogP contribution < -0.4 is 5.73 Å². The molecule has 0 atom stereocenters. The quantitative estimate of drug-likeness (QED) is 0.611. The summed E-state index contributed by atoms with van der Waals surface area (Å²) in [6.45, 7) is 11.2. The van der Waals surface area contributed by atoms with Gasteiger partial charge in [-0.05, 0) is 19.5 Å². The Morgan fingerprint density at radius 1 is 1.20 bits per heavy atom. The van der Waals surface area contributed by atoms with Gasteiger partial charge in [0.2, 0.25) is 0 Å². The zero-order valence-corrected chi connectivity index (χ0v) is 7.85. The molecule has 0 aliphatic carbocycles. The Balaban J connectivity index is 0. The van der Waals surface area contributed by atoms with Gasteiger partial charge >= 0.3 is 0 Å². The average molecular weight is 146 g/mol. The Kier molecular flexibility index (Phi) is 14.7. The Hall–Kier alpha value is -0.0800. The fraction of sp³-hybridized carbons (Fsp3) is 1.00. The minimum Gasteiger partial charge on any atom is -0.318 e. The molecule has 0 amide bonds.